The van der Waals surface area contributed by atoms with Crippen molar-refractivity contribution in [3.63, 3.8) is 0 Å². The second kappa shape index (κ2) is 7.05. The van der Waals surface area contributed by atoms with Gasteiger partial charge in [0, 0.05) is 18.9 Å². The molecule has 0 aromatic heterocycles. The number of hydrogen-bond donors (Lipinski definition) is 1. The van der Waals surface area contributed by atoms with Gasteiger partial charge in [-0.05, 0) is 6.42 Å². The third-order valence-electron chi connectivity index (χ3n) is 3.39. The molecule has 0 bridgehead atoms. The van der Waals surface area contributed by atoms with Gasteiger partial charge in [-0.3, -0.25) is 4.79 Å². The van der Waals surface area contributed by atoms with Gasteiger partial charge in [0.05, 0.1) is 0 Å². The van der Waals surface area contributed by atoms with E-state index in [0.29, 0.717) is 13.0 Å². The number of carboxylic acids is 1. The molecule has 1 N–H and O–H groups in total. The van der Waals surface area contributed by atoms with Gasteiger partial charge in [0.2, 0.25) is 5.91 Å². The highest BCUT2D eigenvalue weighted by molar-refractivity contribution is 5.85. The van der Waals surface area contributed by atoms with Crippen LogP contribution >= 0.6 is 0 Å². The Bertz CT molecular complexity index is 345. The predicted molar refractivity (Wildman–Crippen MR) is 68.8 cm³/mol. The lowest BCUT2D eigenvalue weighted by Crippen LogP contribution is -2.42. The Kier molecular flexibility index (Phi) is 5.70. The summed E-state index contributed by atoms with van der Waals surface area (Å²) in [5.41, 5.74) is 0. The SMILES string of the molecule is C#CC1CC(=O)N(C(CCCCCC)C(=O)O)C1. The number of rotatable bonds is 7. The van der Waals surface area contributed by atoms with E-state index in [1.54, 1.807) is 0 Å². The third-order valence-corrected chi connectivity index (χ3v) is 3.39. The van der Waals surface area contributed by atoms with Gasteiger partial charge in [-0.2, -0.15) is 0 Å². The van der Waals surface area contributed by atoms with E-state index in [0.717, 1.165) is 25.7 Å². The molecule has 4 heteroatoms. The molecule has 18 heavy (non-hydrogen) atoms. The quantitative estimate of drug-likeness (QED) is 0.555. The average Bonchev–Trinajstić information content (AvgIpc) is 2.70. The normalized spacial score (nSPS) is 20.8. The fourth-order valence-corrected chi connectivity index (χ4v) is 2.32. The van der Waals surface area contributed by atoms with Crippen molar-refractivity contribution in [2.24, 2.45) is 5.92 Å². The average molecular weight is 251 g/mol. The molecular weight excluding hydrogens is 230 g/mol. The van der Waals surface area contributed by atoms with Crippen molar-refractivity contribution < 1.29 is 14.7 Å². The number of terminal acetylenes is 1. The summed E-state index contributed by atoms with van der Waals surface area (Å²) >= 11 is 0. The molecule has 1 fully saturated rings. The van der Waals surface area contributed by atoms with Crippen molar-refractivity contribution in [1.82, 2.24) is 4.90 Å². The largest absolute Gasteiger partial charge is 0.480 e. The van der Waals surface area contributed by atoms with E-state index in [4.69, 9.17) is 6.42 Å². The second-order valence-electron chi connectivity index (χ2n) is 4.82. The van der Waals surface area contributed by atoms with E-state index in [1.165, 1.54) is 4.90 Å². The molecule has 100 valence electrons. The predicted octanol–water partition coefficient (Wildman–Crippen LogP) is 1.89. The van der Waals surface area contributed by atoms with Crippen molar-refractivity contribution in [3.8, 4) is 12.3 Å². The van der Waals surface area contributed by atoms with Crippen LogP contribution in [0.1, 0.15) is 45.4 Å². The summed E-state index contributed by atoms with van der Waals surface area (Å²) in [6.45, 7) is 2.50. The summed E-state index contributed by atoms with van der Waals surface area (Å²) in [5.74, 6) is 1.37. The summed E-state index contributed by atoms with van der Waals surface area (Å²) in [7, 11) is 0. The molecule has 0 aromatic carbocycles. The van der Waals surface area contributed by atoms with Crippen LogP contribution in [-0.2, 0) is 9.59 Å². The number of carbonyl (C=O) groups excluding carboxylic acids is 1. The number of carboxylic acid groups (broad SMARTS) is 1. The van der Waals surface area contributed by atoms with Crippen molar-refractivity contribution in [2.75, 3.05) is 6.54 Å². The number of hydrogen-bond acceptors (Lipinski definition) is 2. The lowest BCUT2D eigenvalue weighted by Gasteiger charge is -2.24. The van der Waals surface area contributed by atoms with Crippen LogP contribution in [0.4, 0.5) is 0 Å². The van der Waals surface area contributed by atoms with Crippen molar-refractivity contribution in [3.05, 3.63) is 0 Å². The van der Waals surface area contributed by atoms with Crippen LogP contribution in [0, 0.1) is 18.3 Å². The van der Waals surface area contributed by atoms with Gasteiger partial charge in [0.15, 0.2) is 0 Å². The lowest BCUT2D eigenvalue weighted by molar-refractivity contribution is -0.148. The number of nitrogens with zero attached hydrogens (tertiary/aromatic N) is 1. The molecule has 1 saturated heterocycles. The van der Waals surface area contributed by atoms with E-state index in [-0.39, 0.29) is 18.2 Å². The van der Waals surface area contributed by atoms with Crippen LogP contribution in [0.15, 0.2) is 0 Å². The minimum absolute atomic E-state index is 0.124. The molecule has 4 nitrogen and oxygen atoms in total. The number of likely N-dealkylation sites (tertiary alicyclic amines) is 1. The van der Waals surface area contributed by atoms with Gasteiger partial charge in [0.25, 0.3) is 0 Å². The fourth-order valence-electron chi connectivity index (χ4n) is 2.32. The third kappa shape index (κ3) is 3.76. The highest BCUT2D eigenvalue weighted by Gasteiger charge is 2.36. The highest BCUT2D eigenvalue weighted by atomic mass is 16.4. The summed E-state index contributed by atoms with van der Waals surface area (Å²) in [4.78, 5) is 24.4. The molecule has 0 saturated carbocycles. The Labute approximate surface area is 108 Å². The monoisotopic (exact) mass is 251 g/mol. The molecule has 1 aliphatic heterocycles. The summed E-state index contributed by atoms with van der Waals surface area (Å²) in [6, 6.07) is -0.701. The van der Waals surface area contributed by atoms with E-state index < -0.39 is 12.0 Å². The zero-order valence-electron chi connectivity index (χ0n) is 10.9. The first-order valence-corrected chi connectivity index (χ1v) is 6.58. The first kappa shape index (κ1) is 14.6. The Hall–Kier alpha value is -1.50. The second-order valence-corrected chi connectivity index (χ2v) is 4.82. The van der Waals surface area contributed by atoms with E-state index in [2.05, 4.69) is 12.8 Å². The molecule has 2 unspecified atom stereocenters. The van der Waals surface area contributed by atoms with Crippen LogP contribution in [0.5, 0.6) is 0 Å². The maximum absolute atomic E-state index is 11.7. The molecule has 2 atom stereocenters. The number of amides is 1. The Morgan fingerprint density at radius 1 is 1.56 bits per heavy atom. The first-order valence-electron chi connectivity index (χ1n) is 6.58. The molecule has 1 rings (SSSR count). The van der Waals surface area contributed by atoms with Crippen molar-refractivity contribution >= 4 is 11.9 Å². The van der Waals surface area contributed by atoms with Crippen LogP contribution < -0.4 is 0 Å². The molecule has 0 aliphatic carbocycles. The first-order chi connectivity index (χ1) is 8.60. The van der Waals surface area contributed by atoms with Crippen LogP contribution in [0.25, 0.3) is 0 Å². The van der Waals surface area contributed by atoms with Gasteiger partial charge in [-0.1, -0.05) is 32.6 Å². The summed E-state index contributed by atoms with van der Waals surface area (Å²) < 4.78 is 0. The Morgan fingerprint density at radius 3 is 2.78 bits per heavy atom. The highest BCUT2D eigenvalue weighted by Crippen LogP contribution is 2.22. The van der Waals surface area contributed by atoms with Crippen LogP contribution in [0.3, 0.4) is 0 Å². The van der Waals surface area contributed by atoms with Crippen molar-refractivity contribution in [1.29, 1.82) is 0 Å². The molecule has 0 radical (unpaired) electrons. The minimum atomic E-state index is -0.919. The topological polar surface area (TPSA) is 57.6 Å². The van der Waals surface area contributed by atoms with Crippen molar-refractivity contribution in [2.45, 2.75) is 51.5 Å². The molecule has 0 spiro atoms. The van der Waals surface area contributed by atoms with Gasteiger partial charge < -0.3 is 10.0 Å². The maximum atomic E-state index is 11.7. The van der Waals surface area contributed by atoms with Crippen LogP contribution in [-0.4, -0.2) is 34.5 Å². The van der Waals surface area contributed by atoms with E-state index in [9.17, 15) is 14.7 Å². The van der Waals surface area contributed by atoms with E-state index in [1.807, 2.05) is 0 Å². The zero-order chi connectivity index (χ0) is 13.5. The molecule has 1 amide bonds. The minimum Gasteiger partial charge on any atom is -0.480 e. The van der Waals surface area contributed by atoms with Gasteiger partial charge in [-0.25, -0.2) is 4.79 Å². The molecule has 1 heterocycles. The molecule has 0 aromatic rings. The Balaban J connectivity index is 2.54. The lowest BCUT2D eigenvalue weighted by atomic mass is 10.1. The van der Waals surface area contributed by atoms with Gasteiger partial charge in [0.1, 0.15) is 6.04 Å². The Morgan fingerprint density at radius 2 is 2.28 bits per heavy atom. The zero-order valence-corrected chi connectivity index (χ0v) is 10.9. The van der Waals surface area contributed by atoms with Gasteiger partial charge in [-0.15, -0.1) is 12.3 Å². The number of carbonyl (C=O) groups is 2. The molecule has 1 aliphatic rings. The van der Waals surface area contributed by atoms with Gasteiger partial charge >= 0.3 is 5.97 Å². The smallest absolute Gasteiger partial charge is 0.326 e. The number of aliphatic carboxylic acids is 1. The number of unbranched alkanes of at least 4 members (excludes halogenated alkanes) is 3. The van der Waals surface area contributed by atoms with E-state index >= 15 is 0 Å². The molecular formula is C14H21NO3. The van der Waals surface area contributed by atoms with Crippen LogP contribution in [0.2, 0.25) is 0 Å². The standard InChI is InChI=1S/C14H21NO3/c1-3-5-6-7-8-12(14(17)18)15-10-11(4-2)9-13(15)16/h2,11-12H,3,5-10H2,1H3,(H,17,18). The summed E-state index contributed by atoms with van der Waals surface area (Å²) in [5, 5.41) is 9.22. The maximum Gasteiger partial charge on any atom is 0.326 e. The fraction of sp³-hybridized carbons (Fsp3) is 0.714. The summed E-state index contributed by atoms with van der Waals surface area (Å²) in [6.07, 6.45) is 10.2.